The average Bonchev–Trinajstić information content (AvgIpc) is 3.10. The van der Waals surface area contributed by atoms with E-state index in [0.29, 0.717) is 17.1 Å². The molecule has 0 aromatic heterocycles. The minimum atomic E-state index is -4.16. The molecule has 47 heavy (non-hydrogen) atoms. The summed E-state index contributed by atoms with van der Waals surface area (Å²) in [5.41, 5.74) is 2.85. The Bertz CT molecular complexity index is 1750. The highest BCUT2D eigenvalue weighted by atomic mass is 35.5. The molecule has 0 spiro atoms. The van der Waals surface area contributed by atoms with Crippen LogP contribution >= 0.6 is 11.6 Å². The van der Waals surface area contributed by atoms with Gasteiger partial charge in [-0.25, -0.2) is 8.42 Å². The number of aryl methyl sites for hydroxylation is 1. The molecule has 5 rings (SSSR count). The standard InChI is InChI=1S/C38H42ClN3O4S/c1-2-31-18-12-13-24-35(31)42(47(45,46)34-22-10-5-11-23-34)28-37(43)41(27-30-17-14-19-32(39)25-30)36(26-29-15-6-3-7-16-29)38(44)40-33-20-8-4-9-21-33/h3,5-7,10-19,22-25,33,36H,2,4,8-9,20-21,26-28H2,1H3,(H,40,44). The van der Waals surface area contributed by atoms with Crippen molar-refractivity contribution >= 4 is 39.1 Å². The summed E-state index contributed by atoms with van der Waals surface area (Å²) in [6, 6.07) is 31.3. The van der Waals surface area contributed by atoms with Gasteiger partial charge in [0.2, 0.25) is 11.8 Å². The van der Waals surface area contributed by atoms with E-state index in [1.807, 2.05) is 55.5 Å². The second-order valence-electron chi connectivity index (χ2n) is 12.0. The first-order valence-electron chi connectivity index (χ1n) is 16.3. The molecule has 1 saturated carbocycles. The number of carbonyl (C=O) groups excluding carboxylic acids is 2. The second kappa shape index (κ2) is 16.1. The number of nitrogens with zero attached hydrogens (tertiary/aromatic N) is 2. The molecule has 1 N–H and O–H groups in total. The lowest BCUT2D eigenvalue weighted by molar-refractivity contribution is -0.140. The maximum Gasteiger partial charge on any atom is 0.264 e. The van der Waals surface area contributed by atoms with Crippen molar-refractivity contribution in [3.05, 3.63) is 131 Å². The molecule has 4 aromatic rings. The van der Waals surface area contributed by atoms with Crippen molar-refractivity contribution in [3.8, 4) is 0 Å². The molecular weight excluding hydrogens is 630 g/mol. The summed E-state index contributed by atoms with van der Waals surface area (Å²) in [4.78, 5) is 30.6. The summed E-state index contributed by atoms with van der Waals surface area (Å²) in [5.74, 6) is -0.738. The van der Waals surface area contributed by atoms with Gasteiger partial charge in [0, 0.05) is 24.0 Å². The number of amides is 2. The zero-order valence-electron chi connectivity index (χ0n) is 26.7. The molecule has 1 unspecified atom stereocenters. The molecule has 9 heteroatoms. The number of sulfonamides is 1. The Morgan fingerprint density at radius 3 is 2.15 bits per heavy atom. The van der Waals surface area contributed by atoms with Crippen molar-refractivity contribution < 1.29 is 18.0 Å². The lowest BCUT2D eigenvalue weighted by Crippen LogP contribution is -2.55. The predicted octanol–water partition coefficient (Wildman–Crippen LogP) is 7.19. The summed E-state index contributed by atoms with van der Waals surface area (Å²) >= 11 is 6.36. The van der Waals surface area contributed by atoms with Gasteiger partial charge in [0.1, 0.15) is 12.6 Å². The highest BCUT2D eigenvalue weighted by Crippen LogP contribution is 2.29. The molecule has 0 bridgehead atoms. The quantitative estimate of drug-likeness (QED) is 0.163. The monoisotopic (exact) mass is 671 g/mol. The third-order valence-electron chi connectivity index (χ3n) is 8.72. The Kier molecular flexibility index (Phi) is 11.7. The third kappa shape index (κ3) is 8.82. The van der Waals surface area contributed by atoms with Crippen LogP contribution in [-0.2, 0) is 39.0 Å². The normalized spacial score (nSPS) is 14.3. The number of halogens is 1. The Labute approximate surface area is 283 Å². The Balaban J connectivity index is 1.58. The molecule has 1 atom stereocenters. The van der Waals surface area contributed by atoms with Crippen LogP contribution in [0.4, 0.5) is 5.69 Å². The largest absolute Gasteiger partial charge is 0.352 e. The minimum absolute atomic E-state index is 0.0315. The van der Waals surface area contributed by atoms with Crippen LogP contribution in [0.5, 0.6) is 0 Å². The molecule has 0 saturated heterocycles. The molecule has 246 valence electrons. The first-order chi connectivity index (χ1) is 22.8. The summed E-state index contributed by atoms with van der Waals surface area (Å²) in [7, 11) is -4.16. The number of benzene rings is 4. The number of nitrogens with one attached hydrogen (secondary N) is 1. The molecular formula is C38H42ClN3O4S. The van der Waals surface area contributed by atoms with E-state index in [1.165, 1.54) is 21.3 Å². The van der Waals surface area contributed by atoms with Crippen LogP contribution in [0.2, 0.25) is 5.02 Å². The van der Waals surface area contributed by atoms with E-state index in [1.54, 1.807) is 48.5 Å². The van der Waals surface area contributed by atoms with E-state index in [-0.39, 0.29) is 29.8 Å². The van der Waals surface area contributed by atoms with Crippen LogP contribution in [0.15, 0.2) is 114 Å². The number of anilines is 1. The number of para-hydroxylation sites is 1. The highest BCUT2D eigenvalue weighted by Gasteiger charge is 2.36. The van der Waals surface area contributed by atoms with Crippen molar-refractivity contribution in [3.63, 3.8) is 0 Å². The maximum atomic E-state index is 14.7. The van der Waals surface area contributed by atoms with Gasteiger partial charge in [0.15, 0.2) is 0 Å². The van der Waals surface area contributed by atoms with Crippen LogP contribution in [0.25, 0.3) is 0 Å². The van der Waals surface area contributed by atoms with Gasteiger partial charge in [0.25, 0.3) is 10.0 Å². The summed E-state index contributed by atoms with van der Waals surface area (Å²) < 4.78 is 29.7. The van der Waals surface area contributed by atoms with E-state index in [2.05, 4.69) is 5.32 Å². The maximum absolute atomic E-state index is 14.7. The molecule has 1 fully saturated rings. The number of hydrogen-bond acceptors (Lipinski definition) is 4. The second-order valence-corrected chi connectivity index (χ2v) is 14.3. The van der Waals surface area contributed by atoms with E-state index in [9.17, 15) is 18.0 Å². The van der Waals surface area contributed by atoms with Crippen LogP contribution in [0, 0.1) is 0 Å². The van der Waals surface area contributed by atoms with Gasteiger partial charge in [-0.2, -0.15) is 0 Å². The molecule has 4 aromatic carbocycles. The Morgan fingerprint density at radius 2 is 1.47 bits per heavy atom. The average molecular weight is 672 g/mol. The van der Waals surface area contributed by atoms with Crippen molar-refractivity contribution in [2.75, 3.05) is 10.8 Å². The van der Waals surface area contributed by atoms with Gasteiger partial charge in [-0.15, -0.1) is 0 Å². The fourth-order valence-corrected chi connectivity index (χ4v) is 7.90. The number of carbonyl (C=O) groups is 2. The van der Waals surface area contributed by atoms with Crippen molar-refractivity contribution in [1.82, 2.24) is 10.2 Å². The van der Waals surface area contributed by atoms with Gasteiger partial charge in [-0.3, -0.25) is 13.9 Å². The fourth-order valence-electron chi connectivity index (χ4n) is 6.22. The summed E-state index contributed by atoms with van der Waals surface area (Å²) in [5, 5.41) is 3.75. The highest BCUT2D eigenvalue weighted by molar-refractivity contribution is 7.92. The van der Waals surface area contributed by atoms with Crippen LogP contribution in [-0.4, -0.2) is 43.8 Å². The van der Waals surface area contributed by atoms with Gasteiger partial charge < -0.3 is 10.2 Å². The zero-order valence-corrected chi connectivity index (χ0v) is 28.3. The zero-order chi connectivity index (χ0) is 33.2. The molecule has 0 heterocycles. The van der Waals surface area contributed by atoms with Crippen molar-refractivity contribution in [1.29, 1.82) is 0 Å². The molecule has 0 aliphatic heterocycles. The van der Waals surface area contributed by atoms with E-state index < -0.39 is 28.5 Å². The van der Waals surface area contributed by atoms with Gasteiger partial charge >= 0.3 is 0 Å². The summed E-state index contributed by atoms with van der Waals surface area (Å²) in [6.45, 7) is 1.53. The van der Waals surface area contributed by atoms with Gasteiger partial charge in [-0.1, -0.05) is 117 Å². The van der Waals surface area contributed by atoms with Crippen LogP contribution < -0.4 is 9.62 Å². The molecule has 0 radical (unpaired) electrons. The first kappa shape index (κ1) is 34.2. The number of rotatable bonds is 13. The molecule has 2 amide bonds. The molecule has 1 aliphatic rings. The lowest BCUT2D eigenvalue weighted by atomic mass is 9.94. The minimum Gasteiger partial charge on any atom is -0.352 e. The Hall–Kier alpha value is -4.14. The van der Waals surface area contributed by atoms with E-state index >= 15 is 0 Å². The third-order valence-corrected chi connectivity index (χ3v) is 10.7. The fraction of sp³-hybridized carbons (Fsp3) is 0.316. The van der Waals surface area contributed by atoms with E-state index in [4.69, 9.17) is 11.6 Å². The van der Waals surface area contributed by atoms with Gasteiger partial charge in [-0.05, 0) is 66.3 Å². The van der Waals surface area contributed by atoms with Crippen LogP contribution in [0.1, 0.15) is 55.7 Å². The van der Waals surface area contributed by atoms with Crippen molar-refractivity contribution in [2.45, 2.75) is 75.4 Å². The SMILES string of the molecule is CCc1ccccc1N(CC(=O)N(Cc1cccc(Cl)c1)C(Cc1ccccc1)C(=O)NC1CCCCC1)S(=O)(=O)c1ccccc1. The van der Waals surface area contributed by atoms with Gasteiger partial charge in [0.05, 0.1) is 10.6 Å². The van der Waals surface area contributed by atoms with Crippen molar-refractivity contribution in [2.24, 2.45) is 0 Å². The lowest BCUT2D eigenvalue weighted by Gasteiger charge is -2.35. The number of hydrogen-bond donors (Lipinski definition) is 1. The molecule has 7 nitrogen and oxygen atoms in total. The van der Waals surface area contributed by atoms with Crippen LogP contribution in [0.3, 0.4) is 0 Å². The van der Waals surface area contributed by atoms with E-state index in [0.717, 1.165) is 48.8 Å². The Morgan fingerprint density at radius 1 is 0.830 bits per heavy atom. The first-order valence-corrected chi connectivity index (χ1v) is 18.1. The topological polar surface area (TPSA) is 86.8 Å². The smallest absolute Gasteiger partial charge is 0.264 e. The predicted molar refractivity (Wildman–Crippen MR) is 188 cm³/mol. The summed E-state index contributed by atoms with van der Waals surface area (Å²) in [6.07, 6.45) is 5.85. The molecule has 1 aliphatic carbocycles.